The van der Waals surface area contributed by atoms with Gasteiger partial charge in [-0.15, -0.1) is 0 Å². The first-order valence-corrected chi connectivity index (χ1v) is 4.83. The Hall–Kier alpha value is -0.480. The van der Waals surface area contributed by atoms with Gasteiger partial charge in [-0.05, 0) is 6.42 Å². The number of aliphatic hydroxyl groups excluding tert-OH is 1. The van der Waals surface area contributed by atoms with Gasteiger partial charge in [0.2, 0.25) is 0 Å². The van der Waals surface area contributed by atoms with Crippen molar-refractivity contribution in [3.63, 3.8) is 0 Å². The van der Waals surface area contributed by atoms with Crippen LogP contribution in [0.4, 0.5) is 0 Å². The smallest absolute Gasteiger partial charge is 0.328 e. The third-order valence-electron chi connectivity index (χ3n) is 1.27. The summed E-state index contributed by atoms with van der Waals surface area (Å²) in [5, 5.41) is 17.2. The molecule has 0 rings (SSSR count). The second-order valence-electron chi connectivity index (χ2n) is 2.40. The molecule has 0 aromatic carbocycles. The molecule has 0 aliphatic carbocycles. The monoisotopic (exact) mass is 190 g/mol. The molecule has 1 atom stereocenters. The van der Waals surface area contributed by atoms with Crippen LogP contribution in [-0.4, -0.2) is 33.8 Å². The van der Waals surface area contributed by atoms with Gasteiger partial charge in [-0.1, -0.05) is 13.0 Å². The minimum atomic E-state index is -0.912. The van der Waals surface area contributed by atoms with Crippen LogP contribution in [0.1, 0.15) is 13.3 Å². The zero-order valence-electron chi connectivity index (χ0n) is 7.06. The molecule has 2 N–H and O–H groups in total. The number of carboxylic acid groups (broad SMARTS) is 1. The van der Waals surface area contributed by atoms with E-state index in [2.05, 4.69) is 0 Å². The molecule has 70 valence electrons. The van der Waals surface area contributed by atoms with E-state index in [1.54, 1.807) is 17.8 Å². The van der Waals surface area contributed by atoms with E-state index in [1.807, 2.05) is 6.92 Å². The topological polar surface area (TPSA) is 57.5 Å². The summed E-state index contributed by atoms with van der Waals surface area (Å²) in [5.74, 6) is -0.224. The van der Waals surface area contributed by atoms with E-state index >= 15 is 0 Å². The number of thioether (sulfide) groups is 1. The van der Waals surface area contributed by atoms with E-state index in [0.717, 1.165) is 12.5 Å². The Kier molecular flexibility index (Phi) is 6.90. The van der Waals surface area contributed by atoms with Crippen molar-refractivity contribution >= 4 is 17.7 Å². The normalized spacial score (nSPS) is 13.5. The third-order valence-corrected chi connectivity index (χ3v) is 2.46. The Bertz CT molecular complexity index is 156. The largest absolute Gasteiger partial charge is 0.478 e. The van der Waals surface area contributed by atoms with Crippen molar-refractivity contribution in [1.29, 1.82) is 0 Å². The molecule has 4 heteroatoms. The molecule has 0 radical (unpaired) electrons. The molecule has 0 aliphatic rings. The predicted octanol–water partition coefficient (Wildman–Crippen LogP) is 1.13. The molecule has 0 saturated heterocycles. The van der Waals surface area contributed by atoms with Gasteiger partial charge >= 0.3 is 5.97 Å². The van der Waals surface area contributed by atoms with Crippen molar-refractivity contribution in [3.05, 3.63) is 12.2 Å². The van der Waals surface area contributed by atoms with Crippen molar-refractivity contribution in [3.8, 4) is 0 Å². The lowest BCUT2D eigenvalue weighted by atomic mass is 10.3. The van der Waals surface area contributed by atoms with E-state index in [4.69, 9.17) is 10.2 Å². The summed E-state index contributed by atoms with van der Waals surface area (Å²) in [6.45, 7) is 2.20. The minimum absolute atomic E-state index is 0.191. The number of carbonyl (C=O) groups is 1. The quantitative estimate of drug-likeness (QED) is 0.616. The van der Waals surface area contributed by atoms with E-state index in [0.29, 0.717) is 11.0 Å². The maximum atomic E-state index is 10.0. The molecule has 3 nitrogen and oxygen atoms in total. The molecule has 0 aromatic rings. The van der Waals surface area contributed by atoms with Crippen molar-refractivity contribution in [2.24, 2.45) is 0 Å². The summed E-state index contributed by atoms with van der Waals surface area (Å²) >= 11 is 1.63. The van der Waals surface area contributed by atoms with Crippen LogP contribution in [0.5, 0.6) is 0 Å². The van der Waals surface area contributed by atoms with Crippen LogP contribution in [-0.2, 0) is 4.79 Å². The van der Waals surface area contributed by atoms with E-state index in [9.17, 15) is 4.79 Å². The average molecular weight is 190 g/mol. The summed E-state index contributed by atoms with van der Waals surface area (Å²) in [5.41, 5.74) is 0. The summed E-state index contributed by atoms with van der Waals surface area (Å²) < 4.78 is 0. The molecule has 0 amide bonds. The minimum Gasteiger partial charge on any atom is -0.478 e. The maximum Gasteiger partial charge on any atom is 0.328 e. The van der Waals surface area contributed by atoms with E-state index in [-0.39, 0.29) is 6.61 Å². The van der Waals surface area contributed by atoms with Crippen molar-refractivity contribution in [2.45, 2.75) is 18.6 Å². The van der Waals surface area contributed by atoms with Crippen molar-refractivity contribution in [2.75, 3.05) is 12.4 Å². The second-order valence-corrected chi connectivity index (χ2v) is 3.87. The third kappa shape index (κ3) is 7.63. The average Bonchev–Trinajstić information content (AvgIpc) is 1.98. The van der Waals surface area contributed by atoms with Crippen LogP contribution in [0.2, 0.25) is 0 Å². The number of aliphatic carboxylic acids is 1. The molecule has 0 aliphatic heterocycles. The fourth-order valence-electron chi connectivity index (χ4n) is 0.634. The van der Waals surface area contributed by atoms with Crippen molar-refractivity contribution < 1.29 is 15.0 Å². The first-order valence-electron chi connectivity index (χ1n) is 3.78. The summed E-state index contributed by atoms with van der Waals surface area (Å²) in [4.78, 5) is 10.0. The van der Waals surface area contributed by atoms with Gasteiger partial charge in [0.25, 0.3) is 0 Å². The van der Waals surface area contributed by atoms with Gasteiger partial charge < -0.3 is 10.2 Å². The molecule has 0 heterocycles. The van der Waals surface area contributed by atoms with Crippen molar-refractivity contribution in [1.82, 2.24) is 0 Å². The molecule has 0 saturated carbocycles. The number of hydrogen-bond acceptors (Lipinski definition) is 3. The standard InChI is InChI=1S/C8H14O3S/c1-7(4-5-9)12-6-2-3-8(10)11/h2-3,7,9H,4-6H2,1H3,(H,10,11)/b3-2+. The van der Waals surface area contributed by atoms with Gasteiger partial charge in [0, 0.05) is 23.7 Å². The van der Waals surface area contributed by atoms with Crippen LogP contribution in [0.3, 0.4) is 0 Å². The lowest BCUT2D eigenvalue weighted by molar-refractivity contribution is -0.131. The molecule has 0 fully saturated rings. The zero-order chi connectivity index (χ0) is 9.40. The first-order chi connectivity index (χ1) is 5.66. The van der Waals surface area contributed by atoms with Crippen LogP contribution >= 0.6 is 11.8 Å². The SMILES string of the molecule is CC(CCO)SC/C=C/C(=O)O. The van der Waals surface area contributed by atoms with Crippen LogP contribution < -0.4 is 0 Å². The van der Waals surface area contributed by atoms with E-state index in [1.165, 1.54) is 0 Å². The van der Waals surface area contributed by atoms with Gasteiger partial charge in [-0.2, -0.15) is 11.8 Å². The first kappa shape index (κ1) is 11.5. The molecule has 0 aromatic heterocycles. The van der Waals surface area contributed by atoms with Crippen LogP contribution in [0.25, 0.3) is 0 Å². The lowest BCUT2D eigenvalue weighted by Gasteiger charge is -2.05. The van der Waals surface area contributed by atoms with Gasteiger partial charge in [0.15, 0.2) is 0 Å². The summed E-state index contributed by atoms with van der Waals surface area (Å²) in [7, 11) is 0. The van der Waals surface area contributed by atoms with Gasteiger partial charge in [0.1, 0.15) is 0 Å². The van der Waals surface area contributed by atoms with Gasteiger partial charge in [-0.3, -0.25) is 0 Å². The highest BCUT2D eigenvalue weighted by molar-refractivity contribution is 8.00. The number of rotatable bonds is 6. The molecule has 12 heavy (non-hydrogen) atoms. The summed E-state index contributed by atoms with van der Waals surface area (Å²) in [6, 6.07) is 0. The fraction of sp³-hybridized carbons (Fsp3) is 0.625. The van der Waals surface area contributed by atoms with Gasteiger partial charge in [-0.25, -0.2) is 4.79 Å². The Balaban J connectivity index is 3.36. The number of carboxylic acids is 1. The highest BCUT2D eigenvalue weighted by atomic mass is 32.2. The zero-order valence-corrected chi connectivity index (χ0v) is 7.88. The molecule has 0 bridgehead atoms. The molecular formula is C8H14O3S. The molecular weight excluding hydrogens is 176 g/mol. The molecule has 0 spiro atoms. The highest BCUT2D eigenvalue weighted by Gasteiger charge is 1.98. The maximum absolute atomic E-state index is 10.0. The Morgan fingerprint density at radius 1 is 1.67 bits per heavy atom. The van der Waals surface area contributed by atoms with Gasteiger partial charge in [0.05, 0.1) is 0 Å². The lowest BCUT2D eigenvalue weighted by Crippen LogP contribution is -1.99. The Labute approximate surface area is 76.5 Å². The Morgan fingerprint density at radius 2 is 2.33 bits per heavy atom. The Morgan fingerprint density at radius 3 is 2.83 bits per heavy atom. The predicted molar refractivity (Wildman–Crippen MR) is 50.4 cm³/mol. The van der Waals surface area contributed by atoms with E-state index < -0.39 is 5.97 Å². The summed E-state index contributed by atoms with van der Waals surface area (Å²) in [6.07, 6.45) is 3.51. The highest BCUT2D eigenvalue weighted by Crippen LogP contribution is 2.12. The number of hydrogen-bond donors (Lipinski definition) is 2. The number of aliphatic hydroxyl groups is 1. The van der Waals surface area contributed by atoms with Crippen LogP contribution in [0.15, 0.2) is 12.2 Å². The van der Waals surface area contributed by atoms with Crippen LogP contribution in [0, 0.1) is 0 Å². The fourth-order valence-corrected chi connectivity index (χ4v) is 1.44. The molecule has 1 unspecified atom stereocenters. The second kappa shape index (κ2) is 7.18.